The van der Waals surface area contributed by atoms with Crippen LogP contribution in [0.5, 0.6) is 5.75 Å². The molecular weight excluding hydrogens is 362 g/mol. The van der Waals surface area contributed by atoms with Crippen molar-refractivity contribution in [2.75, 3.05) is 12.4 Å². The van der Waals surface area contributed by atoms with Crippen molar-refractivity contribution in [3.8, 4) is 5.75 Å². The molecule has 0 aliphatic rings. The van der Waals surface area contributed by atoms with Crippen molar-refractivity contribution in [2.24, 2.45) is 0 Å². The number of anilines is 1. The number of hydrogen-bond donors (Lipinski definition) is 1. The highest BCUT2D eigenvalue weighted by Crippen LogP contribution is 2.25. The van der Waals surface area contributed by atoms with Gasteiger partial charge in [-0.15, -0.1) is 11.8 Å². The lowest BCUT2D eigenvalue weighted by atomic mass is 10.1. The van der Waals surface area contributed by atoms with Gasteiger partial charge in [-0.2, -0.15) is 4.98 Å². The lowest BCUT2D eigenvalue weighted by molar-refractivity contribution is -0.115. The van der Waals surface area contributed by atoms with Crippen LogP contribution in [-0.4, -0.2) is 28.4 Å². The van der Waals surface area contributed by atoms with Crippen LogP contribution >= 0.6 is 11.8 Å². The van der Waals surface area contributed by atoms with Crippen molar-refractivity contribution >= 4 is 23.4 Å². The van der Waals surface area contributed by atoms with Crippen LogP contribution in [0.25, 0.3) is 0 Å². The van der Waals surface area contributed by atoms with E-state index in [1.807, 2.05) is 55.5 Å². The molecule has 3 aromatic rings. The van der Waals surface area contributed by atoms with E-state index in [-0.39, 0.29) is 11.2 Å². The van der Waals surface area contributed by atoms with Crippen LogP contribution in [-0.2, 0) is 17.0 Å². The van der Waals surface area contributed by atoms with E-state index < -0.39 is 0 Å². The van der Waals surface area contributed by atoms with Gasteiger partial charge in [0.25, 0.3) is 0 Å². The van der Waals surface area contributed by atoms with Gasteiger partial charge in [-0.25, -0.2) is 0 Å². The number of rotatable bonds is 8. The molecule has 0 saturated heterocycles. The SMILES string of the molecule is COc1ccccc1NC(=O)C(C)SCc1nc(Cc2ccccc2)no1. The summed E-state index contributed by atoms with van der Waals surface area (Å²) in [5, 5.41) is 6.61. The molecule has 0 radical (unpaired) electrons. The van der Waals surface area contributed by atoms with E-state index in [9.17, 15) is 4.79 Å². The Morgan fingerprint density at radius 1 is 1.19 bits per heavy atom. The highest BCUT2D eigenvalue weighted by atomic mass is 32.2. The van der Waals surface area contributed by atoms with Crippen LogP contribution < -0.4 is 10.1 Å². The number of amides is 1. The second kappa shape index (κ2) is 9.23. The average molecular weight is 383 g/mol. The molecule has 0 bridgehead atoms. The molecule has 1 heterocycles. The van der Waals surface area contributed by atoms with Gasteiger partial charge in [-0.05, 0) is 24.6 Å². The number of nitrogens with one attached hydrogen (secondary N) is 1. The Balaban J connectivity index is 1.51. The van der Waals surface area contributed by atoms with Crippen molar-refractivity contribution in [2.45, 2.75) is 24.3 Å². The quantitative estimate of drug-likeness (QED) is 0.635. The van der Waals surface area contributed by atoms with Crippen molar-refractivity contribution in [1.82, 2.24) is 10.1 Å². The summed E-state index contributed by atoms with van der Waals surface area (Å²) in [6, 6.07) is 17.3. The highest BCUT2D eigenvalue weighted by molar-refractivity contribution is 7.99. The molecule has 0 fully saturated rings. The Hall–Kier alpha value is -2.80. The maximum atomic E-state index is 12.4. The van der Waals surface area contributed by atoms with E-state index >= 15 is 0 Å². The molecule has 1 amide bonds. The fourth-order valence-electron chi connectivity index (χ4n) is 2.45. The first-order chi connectivity index (χ1) is 13.2. The number of benzene rings is 2. The minimum atomic E-state index is -0.278. The van der Waals surface area contributed by atoms with E-state index in [1.54, 1.807) is 13.2 Å². The van der Waals surface area contributed by atoms with Gasteiger partial charge < -0.3 is 14.6 Å². The summed E-state index contributed by atoms with van der Waals surface area (Å²) in [5.41, 5.74) is 1.78. The molecule has 1 aromatic heterocycles. The summed E-state index contributed by atoms with van der Waals surface area (Å²) in [6.45, 7) is 1.84. The van der Waals surface area contributed by atoms with E-state index in [2.05, 4.69) is 15.5 Å². The van der Waals surface area contributed by atoms with Crippen LogP contribution in [0.1, 0.15) is 24.2 Å². The number of para-hydroxylation sites is 2. The Morgan fingerprint density at radius 3 is 2.70 bits per heavy atom. The standard InChI is InChI=1S/C20H21N3O3S/c1-14(20(24)21-16-10-6-7-11-17(16)25-2)27-13-19-22-18(23-26-19)12-15-8-4-3-5-9-15/h3-11,14H,12-13H2,1-2H3,(H,21,24). The molecule has 2 aromatic carbocycles. The van der Waals surface area contributed by atoms with Gasteiger partial charge in [-0.1, -0.05) is 47.6 Å². The fraction of sp³-hybridized carbons (Fsp3) is 0.250. The number of thioether (sulfide) groups is 1. The largest absolute Gasteiger partial charge is 0.495 e. The molecule has 6 nitrogen and oxygen atoms in total. The van der Waals surface area contributed by atoms with Crippen LogP contribution in [0.3, 0.4) is 0 Å². The van der Waals surface area contributed by atoms with Crippen molar-refractivity contribution in [3.63, 3.8) is 0 Å². The van der Waals surface area contributed by atoms with E-state index in [0.29, 0.717) is 35.3 Å². The third kappa shape index (κ3) is 5.34. The number of ether oxygens (including phenoxy) is 1. The normalized spacial score (nSPS) is 11.8. The van der Waals surface area contributed by atoms with Gasteiger partial charge in [0.15, 0.2) is 5.82 Å². The summed E-state index contributed by atoms with van der Waals surface area (Å²) in [7, 11) is 1.58. The summed E-state index contributed by atoms with van der Waals surface area (Å²) >= 11 is 1.44. The number of aromatic nitrogens is 2. The van der Waals surface area contributed by atoms with Crippen molar-refractivity contribution in [3.05, 3.63) is 71.9 Å². The Labute approximate surface area is 162 Å². The van der Waals surface area contributed by atoms with Gasteiger partial charge in [0.05, 0.1) is 23.8 Å². The number of hydrogen-bond acceptors (Lipinski definition) is 6. The average Bonchev–Trinajstić information content (AvgIpc) is 3.14. The first kappa shape index (κ1) is 19.0. The predicted octanol–water partition coefficient (Wildman–Crippen LogP) is 3.93. The van der Waals surface area contributed by atoms with Crippen LogP contribution in [0, 0.1) is 0 Å². The lowest BCUT2D eigenvalue weighted by Crippen LogP contribution is -2.22. The van der Waals surface area contributed by atoms with Crippen LogP contribution in [0.15, 0.2) is 59.1 Å². The molecule has 0 aliphatic heterocycles. The van der Waals surface area contributed by atoms with Gasteiger partial charge in [0, 0.05) is 6.42 Å². The Bertz CT molecular complexity index is 883. The molecule has 1 atom stereocenters. The van der Waals surface area contributed by atoms with Crippen molar-refractivity contribution in [1.29, 1.82) is 0 Å². The third-order valence-electron chi connectivity index (χ3n) is 3.91. The Morgan fingerprint density at radius 2 is 1.93 bits per heavy atom. The minimum Gasteiger partial charge on any atom is -0.495 e. The fourth-order valence-corrected chi connectivity index (χ4v) is 3.17. The topological polar surface area (TPSA) is 77.2 Å². The maximum Gasteiger partial charge on any atom is 0.237 e. The molecule has 7 heteroatoms. The van der Waals surface area contributed by atoms with Crippen LogP contribution in [0.2, 0.25) is 0 Å². The molecule has 0 spiro atoms. The Kier molecular flexibility index (Phi) is 6.49. The molecule has 0 aliphatic carbocycles. The van der Waals surface area contributed by atoms with Gasteiger partial charge in [0.1, 0.15) is 5.75 Å². The van der Waals surface area contributed by atoms with Crippen molar-refractivity contribution < 1.29 is 14.1 Å². The zero-order valence-corrected chi connectivity index (χ0v) is 16.0. The summed E-state index contributed by atoms with van der Waals surface area (Å²) in [6.07, 6.45) is 0.624. The molecule has 1 unspecified atom stereocenters. The summed E-state index contributed by atoms with van der Waals surface area (Å²) in [5.74, 6) is 2.16. The van der Waals surface area contributed by atoms with E-state index in [0.717, 1.165) is 5.56 Å². The molecule has 0 saturated carbocycles. The number of methoxy groups -OCH3 is 1. The smallest absolute Gasteiger partial charge is 0.237 e. The maximum absolute atomic E-state index is 12.4. The van der Waals surface area contributed by atoms with Gasteiger partial charge in [-0.3, -0.25) is 4.79 Å². The molecule has 27 heavy (non-hydrogen) atoms. The van der Waals surface area contributed by atoms with E-state index in [4.69, 9.17) is 9.26 Å². The minimum absolute atomic E-state index is 0.103. The summed E-state index contributed by atoms with van der Waals surface area (Å²) in [4.78, 5) is 16.8. The van der Waals surface area contributed by atoms with Crippen LogP contribution in [0.4, 0.5) is 5.69 Å². The predicted molar refractivity (Wildman–Crippen MR) is 106 cm³/mol. The monoisotopic (exact) mass is 383 g/mol. The summed E-state index contributed by atoms with van der Waals surface area (Å²) < 4.78 is 10.5. The highest BCUT2D eigenvalue weighted by Gasteiger charge is 2.17. The second-order valence-corrected chi connectivity index (χ2v) is 7.24. The number of carbonyl (C=O) groups is 1. The third-order valence-corrected chi connectivity index (χ3v) is 5.03. The number of nitrogens with zero attached hydrogens (tertiary/aromatic N) is 2. The first-order valence-electron chi connectivity index (χ1n) is 8.56. The zero-order chi connectivity index (χ0) is 19.1. The number of carbonyl (C=O) groups excluding carboxylic acids is 1. The molecule has 3 rings (SSSR count). The molecule has 140 valence electrons. The molecular formula is C20H21N3O3S. The lowest BCUT2D eigenvalue weighted by Gasteiger charge is -2.13. The second-order valence-electron chi connectivity index (χ2n) is 5.91. The van der Waals surface area contributed by atoms with E-state index in [1.165, 1.54) is 11.8 Å². The van der Waals surface area contributed by atoms with Gasteiger partial charge in [0.2, 0.25) is 11.8 Å². The van der Waals surface area contributed by atoms with Gasteiger partial charge >= 0.3 is 0 Å². The first-order valence-corrected chi connectivity index (χ1v) is 9.61. The zero-order valence-electron chi connectivity index (χ0n) is 15.2. The molecule has 1 N–H and O–H groups in total.